The normalized spacial score (nSPS) is 11.0. The first-order chi connectivity index (χ1) is 11.7. The van der Waals surface area contributed by atoms with Gasteiger partial charge in [-0.25, -0.2) is 0 Å². The number of anilines is 1. The van der Waals surface area contributed by atoms with Crippen molar-refractivity contribution in [3.05, 3.63) is 72.7 Å². The number of aryl methyl sites for hydroxylation is 1. The standard InChI is InChI=1S/C20H17N3O/c1-14-12-23(19-9-5-4-7-16(14)19)13-20(24)22-18-11-21-10-15-6-2-3-8-17(15)18/h2-12H,13H2,1H3,(H,22,24). The molecule has 4 aromatic rings. The van der Waals surface area contributed by atoms with Gasteiger partial charge in [-0.2, -0.15) is 0 Å². The van der Waals surface area contributed by atoms with Crippen LogP contribution >= 0.6 is 0 Å². The molecule has 1 N–H and O–H groups in total. The Morgan fingerprint density at radius 1 is 1.04 bits per heavy atom. The molecule has 0 bridgehead atoms. The van der Waals surface area contributed by atoms with E-state index in [-0.39, 0.29) is 12.5 Å². The van der Waals surface area contributed by atoms with Gasteiger partial charge in [0.25, 0.3) is 0 Å². The highest BCUT2D eigenvalue weighted by atomic mass is 16.1. The summed E-state index contributed by atoms with van der Waals surface area (Å²) in [5.41, 5.74) is 2.98. The minimum Gasteiger partial charge on any atom is -0.338 e. The van der Waals surface area contributed by atoms with E-state index in [9.17, 15) is 4.79 Å². The van der Waals surface area contributed by atoms with Gasteiger partial charge in [0.05, 0.1) is 11.9 Å². The van der Waals surface area contributed by atoms with Gasteiger partial charge in [-0.3, -0.25) is 9.78 Å². The van der Waals surface area contributed by atoms with Crippen molar-refractivity contribution in [2.75, 3.05) is 5.32 Å². The Kier molecular flexibility index (Phi) is 3.50. The number of carbonyl (C=O) groups is 1. The van der Waals surface area contributed by atoms with E-state index in [1.54, 1.807) is 12.4 Å². The third-order valence-corrected chi connectivity index (χ3v) is 4.24. The molecule has 4 rings (SSSR count). The first kappa shape index (κ1) is 14.5. The highest BCUT2D eigenvalue weighted by molar-refractivity contribution is 6.01. The SMILES string of the molecule is Cc1cn(CC(=O)Nc2cncc3ccccc23)c2ccccc12. The Morgan fingerprint density at radius 2 is 1.79 bits per heavy atom. The van der Waals surface area contributed by atoms with Crippen LogP contribution in [0.15, 0.2) is 67.1 Å². The maximum atomic E-state index is 12.5. The lowest BCUT2D eigenvalue weighted by Crippen LogP contribution is -2.18. The molecule has 0 aliphatic rings. The lowest BCUT2D eigenvalue weighted by Gasteiger charge is -2.09. The number of fused-ring (bicyclic) bond motifs is 2. The van der Waals surface area contributed by atoms with Crippen LogP contribution in [0.2, 0.25) is 0 Å². The van der Waals surface area contributed by atoms with Gasteiger partial charge in [-0.05, 0) is 18.6 Å². The Bertz CT molecular complexity index is 1040. The molecule has 24 heavy (non-hydrogen) atoms. The molecular weight excluding hydrogens is 298 g/mol. The molecule has 4 heteroatoms. The van der Waals surface area contributed by atoms with Crippen molar-refractivity contribution in [1.82, 2.24) is 9.55 Å². The number of nitrogens with one attached hydrogen (secondary N) is 1. The minimum absolute atomic E-state index is 0.0612. The summed E-state index contributed by atoms with van der Waals surface area (Å²) in [5, 5.41) is 6.17. The fourth-order valence-electron chi connectivity index (χ4n) is 3.12. The molecule has 0 saturated heterocycles. The highest BCUT2D eigenvalue weighted by Gasteiger charge is 2.10. The van der Waals surface area contributed by atoms with Crippen LogP contribution in [0.25, 0.3) is 21.7 Å². The molecule has 0 spiro atoms. The summed E-state index contributed by atoms with van der Waals surface area (Å²) in [4.78, 5) is 16.7. The zero-order chi connectivity index (χ0) is 16.5. The minimum atomic E-state index is -0.0612. The van der Waals surface area contributed by atoms with Gasteiger partial charge in [0.1, 0.15) is 6.54 Å². The van der Waals surface area contributed by atoms with Gasteiger partial charge in [0.2, 0.25) is 5.91 Å². The topological polar surface area (TPSA) is 46.9 Å². The van der Waals surface area contributed by atoms with Gasteiger partial charge in [0, 0.05) is 34.1 Å². The maximum Gasteiger partial charge on any atom is 0.244 e. The average molecular weight is 315 g/mol. The monoisotopic (exact) mass is 315 g/mol. The van der Waals surface area contributed by atoms with Gasteiger partial charge >= 0.3 is 0 Å². The number of aromatic nitrogens is 2. The first-order valence-electron chi connectivity index (χ1n) is 7.89. The van der Waals surface area contributed by atoms with E-state index < -0.39 is 0 Å². The quantitative estimate of drug-likeness (QED) is 0.618. The van der Waals surface area contributed by atoms with E-state index in [0.29, 0.717) is 0 Å². The van der Waals surface area contributed by atoms with Crippen LogP contribution < -0.4 is 5.32 Å². The summed E-state index contributed by atoms with van der Waals surface area (Å²) < 4.78 is 1.98. The smallest absolute Gasteiger partial charge is 0.244 e. The fraction of sp³-hybridized carbons (Fsp3) is 0.100. The molecule has 0 atom stereocenters. The summed E-state index contributed by atoms with van der Waals surface area (Å²) in [6.45, 7) is 2.34. The Balaban J connectivity index is 1.62. The predicted octanol–water partition coefficient (Wildman–Crippen LogP) is 4.14. The number of amides is 1. The van der Waals surface area contributed by atoms with Crippen molar-refractivity contribution in [2.24, 2.45) is 0 Å². The number of benzene rings is 2. The molecule has 0 aliphatic heterocycles. The average Bonchev–Trinajstić information content (AvgIpc) is 2.91. The maximum absolute atomic E-state index is 12.5. The van der Waals surface area contributed by atoms with Gasteiger partial charge < -0.3 is 9.88 Å². The van der Waals surface area contributed by atoms with E-state index in [2.05, 4.69) is 23.3 Å². The molecule has 0 fully saturated rings. The van der Waals surface area contributed by atoms with Gasteiger partial charge in [0.15, 0.2) is 0 Å². The van der Waals surface area contributed by atoms with Crippen LogP contribution in [-0.4, -0.2) is 15.5 Å². The van der Waals surface area contributed by atoms with Crippen LogP contribution in [-0.2, 0) is 11.3 Å². The molecule has 4 nitrogen and oxygen atoms in total. The summed E-state index contributed by atoms with van der Waals surface area (Å²) in [6, 6.07) is 16.0. The molecule has 0 saturated carbocycles. The summed E-state index contributed by atoms with van der Waals surface area (Å²) in [6.07, 6.45) is 5.51. The van der Waals surface area contributed by atoms with Crippen LogP contribution in [0.3, 0.4) is 0 Å². The number of hydrogen-bond acceptors (Lipinski definition) is 2. The zero-order valence-corrected chi connectivity index (χ0v) is 13.4. The number of hydrogen-bond donors (Lipinski definition) is 1. The van der Waals surface area contributed by atoms with Crippen molar-refractivity contribution in [3.63, 3.8) is 0 Å². The Morgan fingerprint density at radius 3 is 2.67 bits per heavy atom. The van der Waals surface area contributed by atoms with E-state index in [4.69, 9.17) is 0 Å². The predicted molar refractivity (Wildman–Crippen MR) is 97.0 cm³/mol. The number of pyridine rings is 1. The van der Waals surface area contributed by atoms with Crippen molar-refractivity contribution in [2.45, 2.75) is 13.5 Å². The molecule has 0 radical (unpaired) electrons. The van der Waals surface area contributed by atoms with Gasteiger partial charge in [-0.15, -0.1) is 0 Å². The number of nitrogens with zero attached hydrogens (tertiary/aromatic N) is 2. The third-order valence-electron chi connectivity index (χ3n) is 4.24. The first-order valence-corrected chi connectivity index (χ1v) is 7.89. The van der Waals surface area contributed by atoms with E-state index in [1.807, 2.05) is 53.2 Å². The highest BCUT2D eigenvalue weighted by Crippen LogP contribution is 2.23. The fourth-order valence-corrected chi connectivity index (χ4v) is 3.12. The van der Waals surface area contributed by atoms with Crippen LogP contribution in [0, 0.1) is 6.92 Å². The molecule has 0 unspecified atom stereocenters. The van der Waals surface area contributed by atoms with Crippen LogP contribution in [0.5, 0.6) is 0 Å². The summed E-state index contributed by atoms with van der Waals surface area (Å²) >= 11 is 0. The Labute approximate surface area is 139 Å². The van der Waals surface area contributed by atoms with E-state index in [0.717, 1.165) is 22.0 Å². The number of rotatable bonds is 3. The molecule has 2 heterocycles. The molecular formula is C20H17N3O. The largest absolute Gasteiger partial charge is 0.338 e. The molecule has 1 amide bonds. The lowest BCUT2D eigenvalue weighted by molar-refractivity contribution is -0.116. The van der Waals surface area contributed by atoms with E-state index >= 15 is 0 Å². The second kappa shape index (κ2) is 5.81. The molecule has 2 aromatic heterocycles. The van der Waals surface area contributed by atoms with Crippen molar-refractivity contribution >= 4 is 33.3 Å². The summed E-state index contributed by atoms with van der Waals surface area (Å²) in [5.74, 6) is -0.0612. The summed E-state index contributed by atoms with van der Waals surface area (Å²) in [7, 11) is 0. The zero-order valence-electron chi connectivity index (χ0n) is 13.4. The third kappa shape index (κ3) is 2.52. The molecule has 0 aliphatic carbocycles. The molecule has 118 valence electrons. The second-order valence-electron chi connectivity index (χ2n) is 5.91. The van der Waals surface area contributed by atoms with Gasteiger partial charge in [-0.1, -0.05) is 42.5 Å². The van der Waals surface area contributed by atoms with Crippen molar-refractivity contribution in [1.29, 1.82) is 0 Å². The lowest BCUT2D eigenvalue weighted by atomic mass is 10.1. The Hall–Kier alpha value is -3.14. The molecule has 2 aromatic carbocycles. The van der Waals surface area contributed by atoms with E-state index in [1.165, 1.54) is 10.9 Å². The number of para-hydroxylation sites is 1. The van der Waals surface area contributed by atoms with Crippen LogP contribution in [0.1, 0.15) is 5.56 Å². The van der Waals surface area contributed by atoms with Crippen molar-refractivity contribution in [3.8, 4) is 0 Å². The van der Waals surface area contributed by atoms with Crippen molar-refractivity contribution < 1.29 is 4.79 Å². The van der Waals surface area contributed by atoms with Crippen LogP contribution in [0.4, 0.5) is 5.69 Å². The second-order valence-corrected chi connectivity index (χ2v) is 5.91. The number of carbonyl (C=O) groups excluding carboxylic acids is 1.